The van der Waals surface area contributed by atoms with Gasteiger partial charge in [-0.25, -0.2) is 0 Å². The van der Waals surface area contributed by atoms with Gasteiger partial charge in [0.25, 0.3) is 0 Å². The maximum atomic E-state index is 6.21. The Kier molecular flexibility index (Phi) is 9.78. The highest BCUT2D eigenvalue weighted by Gasteiger charge is 2.38. The lowest BCUT2D eigenvalue weighted by molar-refractivity contribution is 0.275. The summed E-state index contributed by atoms with van der Waals surface area (Å²) in [7, 11) is 0. The molecular weight excluding hydrogens is 460 g/mol. The van der Waals surface area contributed by atoms with Crippen molar-refractivity contribution in [2.45, 2.75) is 101 Å². The van der Waals surface area contributed by atoms with E-state index in [0.29, 0.717) is 17.7 Å². The van der Waals surface area contributed by atoms with Crippen LogP contribution in [-0.2, 0) is 0 Å². The Morgan fingerprint density at radius 3 is 2.46 bits per heavy atom. The molecule has 5 rings (SSSR count). The van der Waals surface area contributed by atoms with Crippen LogP contribution in [0.2, 0.25) is 0 Å². The number of hydrogen-bond donors (Lipinski definition) is 5. The van der Waals surface area contributed by atoms with Gasteiger partial charge in [0, 0.05) is 43.8 Å². The van der Waals surface area contributed by atoms with Crippen LogP contribution in [0.15, 0.2) is 6.07 Å². The van der Waals surface area contributed by atoms with Gasteiger partial charge in [0.1, 0.15) is 11.6 Å². The van der Waals surface area contributed by atoms with Gasteiger partial charge in [-0.1, -0.05) is 32.1 Å². The van der Waals surface area contributed by atoms with Crippen LogP contribution in [0.3, 0.4) is 0 Å². The van der Waals surface area contributed by atoms with Gasteiger partial charge in [-0.15, -0.1) is 0 Å². The lowest BCUT2D eigenvalue weighted by Crippen LogP contribution is -2.59. The second-order valence-electron chi connectivity index (χ2n) is 12.4. The lowest BCUT2D eigenvalue weighted by Gasteiger charge is -2.42. The molecule has 0 bridgehead atoms. The van der Waals surface area contributed by atoms with Crippen molar-refractivity contribution in [2.24, 2.45) is 11.8 Å². The van der Waals surface area contributed by atoms with E-state index in [1.54, 1.807) is 0 Å². The van der Waals surface area contributed by atoms with Crippen LogP contribution in [0.25, 0.3) is 0 Å². The van der Waals surface area contributed by atoms with Crippen molar-refractivity contribution in [3.8, 4) is 0 Å². The summed E-state index contributed by atoms with van der Waals surface area (Å²) in [5.41, 5.74) is 6.48. The number of anilines is 3. The average molecular weight is 513 g/mol. The van der Waals surface area contributed by atoms with Gasteiger partial charge in [0.15, 0.2) is 0 Å². The van der Waals surface area contributed by atoms with Crippen LogP contribution in [0.1, 0.15) is 89.9 Å². The van der Waals surface area contributed by atoms with Crippen molar-refractivity contribution >= 4 is 17.6 Å². The van der Waals surface area contributed by atoms with Crippen LogP contribution in [-0.4, -0.2) is 67.4 Å². The van der Waals surface area contributed by atoms with Crippen LogP contribution in [0.5, 0.6) is 0 Å². The maximum Gasteiger partial charge on any atom is 0.226 e. The first-order valence-corrected chi connectivity index (χ1v) is 15.5. The molecule has 0 radical (unpaired) electrons. The summed E-state index contributed by atoms with van der Waals surface area (Å²) in [6.45, 7) is 7.45. The highest BCUT2D eigenvalue weighted by atomic mass is 15.3. The molecule has 6 N–H and O–H groups in total. The molecule has 3 saturated carbocycles. The normalized spacial score (nSPS) is 26.5. The van der Waals surface area contributed by atoms with Crippen LogP contribution in [0, 0.1) is 11.8 Å². The summed E-state index contributed by atoms with van der Waals surface area (Å²) in [4.78, 5) is 11.8. The third kappa shape index (κ3) is 7.93. The number of nitrogen functional groups attached to an aromatic ring is 1. The lowest BCUT2D eigenvalue weighted by atomic mass is 9.82. The summed E-state index contributed by atoms with van der Waals surface area (Å²) in [6.07, 6.45) is 18.7. The summed E-state index contributed by atoms with van der Waals surface area (Å²) in [6, 6.07) is 2.73. The molecule has 1 aromatic rings. The molecule has 1 aromatic heterocycles. The number of aromatic nitrogens is 2. The van der Waals surface area contributed by atoms with E-state index in [-0.39, 0.29) is 5.54 Å². The number of nitrogens with one attached hydrogen (secondary N) is 4. The summed E-state index contributed by atoms with van der Waals surface area (Å²) in [5.74, 6) is 3.76. The van der Waals surface area contributed by atoms with Gasteiger partial charge in [-0.2, -0.15) is 9.97 Å². The van der Waals surface area contributed by atoms with E-state index in [1.165, 1.54) is 103 Å². The number of rotatable bonds is 11. The van der Waals surface area contributed by atoms with E-state index in [0.717, 1.165) is 50.5 Å². The number of nitrogens with zero attached hydrogens (tertiary/aromatic N) is 3. The fraction of sp³-hybridized carbons (Fsp3) is 0.862. The number of piperazine rings is 1. The van der Waals surface area contributed by atoms with Crippen molar-refractivity contribution in [2.75, 3.05) is 61.8 Å². The molecule has 8 nitrogen and oxygen atoms in total. The average Bonchev–Trinajstić information content (AvgIpc) is 3.37. The molecule has 1 spiro atoms. The Bertz CT molecular complexity index is 812. The largest absolute Gasteiger partial charge is 0.383 e. The molecule has 0 unspecified atom stereocenters. The molecule has 37 heavy (non-hydrogen) atoms. The molecule has 3 aliphatic carbocycles. The fourth-order valence-corrected chi connectivity index (χ4v) is 7.24. The van der Waals surface area contributed by atoms with Gasteiger partial charge >= 0.3 is 0 Å². The van der Waals surface area contributed by atoms with Gasteiger partial charge in [0.2, 0.25) is 5.95 Å². The Hall–Kier alpha value is -1.64. The van der Waals surface area contributed by atoms with Gasteiger partial charge in [0.05, 0.1) is 0 Å². The molecule has 208 valence electrons. The van der Waals surface area contributed by atoms with Crippen molar-refractivity contribution in [1.82, 2.24) is 25.9 Å². The Balaban J connectivity index is 0.979. The molecule has 1 aliphatic heterocycles. The van der Waals surface area contributed by atoms with Crippen LogP contribution < -0.4 is 31.9 Å². The van der Waals surface area contributed by atoms with E-state index < -0.39 is 0 Å². The molecule has 2 heterocycles. The first kappa shape index (κ1) is 26.9. The first-order chi connectivity index (χ1) is 18.2. The minimum absolute atomic E-state index is 0.269. The fourth-order valence-electron chi connectivity index (χ4n) is 7.24. The predicted molar refractivity (Wildman–Crippen MR) is 154 cm³/mol. The topological polar surface area (TPSA) is 103 Å². The van der Waals surface area contributed by atoms with E-state index in [2.05, 4.69) is 31.2 Å². The zero-order valence-corrected chi connectivity index (χ0v) is 23.1. The standard InChI is InChI=1S/C29H52N8/c30-26-19-27(37-18-17-34-29(22-37)13-4-5-14-29)36-28(35-26)33-21-24-11-9-23(10-12-24)20-31-15-6-16-32-25-7-2-1-3-8-25/h19,23-25,31-32,34H,1-18,20-22H2,(H3,30,33,35,36)/t23-,24-. The number of nitrogens with two attached hydrogens (primary N) is 1. The van der Waals surface area contributed by atoms with E-state index in [1.807, 2.05) is 6.07 Å². The minimum Gasteiger partial charge on any atom is -0.383 e. The second kappa shape index (κ2) is 13.4. The SMILES string of the molecule is Nc1cc(N2CCNC3(CCCC3)C2)nc(NC[C@H]2CC[C@H](CNCCCNC3CCCCC3)CC2)n1. The third-order valence-electron chi connectivity index (χ3n) is 9.51. The van der Waals surface area contributed by atoms with E-state index in [9.17, 15) is 0 Å². The third-order valence-corrected chi connectivity index (χ3v) is 9.51. The van der Waals surface area contributed by atoms with Crippen molar-refractivity contribution in [1.29, 1.82) is 0 Å². The monoisotopic (exact) mass is 512 g/mol. The van der Waals surface area contributed by atoms with E-state index in [4.69, 9.17) is 10.7 Å². The van der Waals surface area contributed by atoms with Gasteiger partial charge < -0.3 is 31.9 Å². The van der Waals surface area contributed by atoms with E-state index >= 15 is 0 Å². The molecule has 8 heteroatoms. The maximum absolute atomic E-state index is 6.21. The number of hydrogen-bond acceptors (Lipinski definition) is 8. The Morgan fingerprint density at radius 2 is 1.68 bits per heavy atom. The predicted octanol–water partition coefficient (Wildman–Crippen LogP) is 3.90. The molecule has 1 saturated heterocycles. The molecule has 4 aliphatic rings. The summed E-state index contributed by atoms with van der Waals surface area (Å²) < 4.78 is 0. The first-order valence-electron chi connectivity index (χ1n) is 15.5. The molecule has 0 atom stereocenters. The zero-order chi connectivity index (χ0) is 25.3. The summed E-state index contributed by atoms with van der Waals surface area (Å²) >= 11 is 0. The van der Waals surface area contributed by atoms with Crippen LogP contribution in [0.4, 0.5) is 17.6 Å². The molecular formula is C29H52N8. The van der Waals surface area contributed by atoms with Crippen molar-refractivity contribution in [3.63, 3.8) is 0 Å². The smallest absolute Gasteiger partial charge is 0.226 e. The second-order valence-corrected chi connectivity index (χ2v) is 12.4. The highest BCUT2D eigenvalue weighted by molar-refractivity contribution is 5.52. The van der Waals surface area contributed by atoms with Crippen molar-refractivity contribution in [3.05, 3.63) is 6.07 Å². The summed E-state index contributed by atoms with van der Waals surface area (Å²) in [5, 5.41) is 14.8. The molecule has 0 amide bonds. The highest BCUT2D eigenvalue weighted by Crippen LogP contribution is 2.34. The minimum atomic E-state index is 0.269. The van der Waals surface area contributed by atoms with Gasteiger partial charge in [-0.3, -0.25) is 0 Å². The Morgan fingerprint density at radius 1 is 0.919 bits per heavy atom. The van der Waals surface area contributed by atoms with Gasteiger partial charge in [-0.05, 0) is 89.3 Å². The molecule has 4 fully saturated rings. The zero-order valence-electron chi connectivity index (χ0n) is 23.1. The Labute approximate surface area is 224 Å². The quantitative estimate of drug-likeness (QED) is 0.285. The molecule has 0 aromatic carbocycles. The van der Waals surface area contributed by atoms with Crippen LogP contribution >= 0.6 is 0 Å². The van der Waals surface area contributed by atoms with Crippen molar-refractivity contribution < 1.29 is 0 Å².